The molecule has 110 valence electrons. The van der Waals surface area contributed by atoms with Crippen LogP contribution in [0.15, 0.2) is 12.4 Å². The summed E-state index contributed by atoms with van der Waals surface area (Å²) in [5, 5.41) is 21.8. The molecule has 2 amide bonds. The Hall–Kier alpha value is -2.12. The highest BCUT2D eigenvalue weighted by atomic mass is 16.4. The molecule has 1 aromatic heterocycles. The zero-order chi connectivity index (χ0) is 14.4. The number of carboxylic acid groups (broad SMARTS) is 1. The molecule has 0 bridgehead atoms. The fraction of sp³-hybridized carbons (Fsp3) is 0.667. The van der Waals surface area contributed by atoms with Gasteiger partial charge in [0.2, 0.25) is 0 Å². The lowest BCUT2D eigenvalue weighted by atomic mass is 9.66. The number of carboxylic acids is 1. The van der Waals surface area contributed by atoms with E-state index in [9.17, 15) is 9.59 Å². The van der Waals surface area contributed by atoms with Crippen molar-refractivity contribution in [3.8, 4) is 0 Å². The Balaban J connectivity index is 1.65. The molecule has 1 aromatic rings. The minimum Gasteiger partial charge on any atom is -0.481 e. The van der Waals surface area contributed by atoms with Gasteiger partial charge < -0.3 is 15.7 Å². The predicted octanol–water partition coefficient (Wildman–Crippen LogP) is 0.222. The van der Waals surface area contributed by atoms with Crippen molar-refractivity contribution in [3.63, 3.8) is 0 Å². The average Bonchev–Trinajstić information content (AvgIpc) is 2.85. The van der Waals surface area contributed by atoms with Gasteiger partial charge >= 0.3 is 12.0 Å². The minimum absolute atomic E-state index is 0.117. The molecular formula is C12H19N5O3. The fourth-order valence-corrected chi connectivity index (χ4v) is 2.38. The number of carbonyl (C=O) groups excluding carboxylic acids is 1. The first-order valence-corrected chi connectivity index (χ1v) is 6.67. The van der Waals surface area contributed by atoms with Crippen LogP contribution in [-0.2, 0) is 11.3 Å². The van der Waals surface area contributed by atoms with Gasteiger partial charge in [0.05, 0.1) is 19.2 Å². The van der Waals surface area contributed by atoms with Gasteiger partial charge in [0.1, 0.15) is 0 Å². The molecule has 0 unspecified atom stereocenters. The molecule has 0 radical (unpaired) electrons. The van der Waals surface area contributed by atoms with Crippen LogP contribution in [-0.4, -0.2) is 45.2 Å². The van der Waals surface area contributed by atoms with Gasteiger partial charge in [0, 0.05) is 19.3 Å². The third-order valence-electron chi connectivity index (χ3n) is 3.66. The molecule has 0 atom stereocenters. The highest BCUT2D eigenvalue weighted by Crippen LogP contribution is 2.43. The lowest BCUT2D eigenvalue weighted by Crippen LogP contribution is -2.47. The zero-order valence-corrected chi connectivity index (χ0v) is 11.2. The fourth-order valence-electron chi connectivity index (χ4n) is 2.38. The molecule has 20 heavy (non-hydrogen) atoms. The van der Waals surface area contributed by atoms with E-state index in [1.807, 2.05) is 0 Å². The lowest BCUT2D eigenvalue weighted by Gasteiger charge is -2.40. The van der Waals surface area contributed by atoms with E-state index in [-0.39, 0.29) is 17.9 Å². The third-order valence-corrected chi connectivity index (χ3v) is 3.66. The highest BCUT2D eigenvalue weighted by molar-refractivity contribution is 5.74. The van der Waals surface area contributed by atoms with E-state index < -0.39 is 5.97 Å². The molecule has 1 saturated carbocycles. The molecular weight excluding hydrogens is 262 g/mol. The van der Waals surface area contributed by atoms with Crippen LogP contribution in [0.1, 0.15) is 25.7 Å². The van der Waals surface area contributed by atoms with E-state index in [0.717, 1.165) is 19.3 Å². The summed E-state index contributed by atoms with van der Waals surface area (Å²) in [7, 11) is 0. The van der Waals surface area contributed by atoms with Crippen molar-refractivity contribution in [1.82, 2.24) is 25.6 Å². The summed E-state index contributed by atoms with van der Waals surface area (Å²) in [6, 6.07) is -0.276. The molecule has 0 aliphatic heterocycles. The summed E-state index contributed by atoms with van der Waals surface area (Å²) >= 11 is 0. The van der Waals surface area contributed by atoms with E-state index in [4.69, 9.17) is 5.11 Å². The van der Waals surface area contributed by atoms with E-state index in [1.54, 1.807) is 17.1 Å². The Kier molecular flexibility index (Phi) is 4.54. The molecule has 1 heterocycles. The van der Waals surface area contributed by atoms with Crippen LogP contribution in [0.3, 0.4) is 0 Å². The molecule has 3 N–H and O–H groups in total. The molecule has 2 rings (SSSR count). The van der Waals surface area contributed by atoms with E-state index >= 15 is 0 Å². The number of aliphatic carboxylic acids is 1. The largest absolute Gasteiger partial charge is 0.481 e. The molecule has 8 heteroatoms. The summed E-state index contributed by atoms with van der Waals surface area (Å²) in [6.45, 7) is 1.41. The van der Waals surface area contributed by atoms with Crippen molar-refractivity contribution >= 4 is 12.0 Å². The quantitative estimate of drug-likeness (QED) is 0.662. The summed E-state index contributed by atoms with van der Waals surface area (Å²) < 4.78 is 1.62. The Morgan fingerprint density at radius 3 is 2.70 bits per heavy atom. The van der Waals surface area contributed by atoms with Crippen LogP contribution in [0.5, 0.6) is 0 Å². The second-order valence-corrected chi connectivity index (χ2v) is 5.20. The smallest absolute Gasteiger partial charge is 0.314 e. The Bertz CT molecular complexity index is 456. The van der Waals surface area contributed by atoms with Crippen LogP contribution in [0, 0.1) is 5.41 Å². The number of nitrogens with one attached hydrogen (secondary N) is 2. The van der Waals surface area contributed by atoms with Crippen molar-refractivity contribution < 1.29 is 14.7 Å². The molecule has 1 aliphatic rings. The Morgan fingerprint density at radius 2 is 2.15 bits per heavy atom. The van der Waals surface area contributed by atoms with Crippen molar-refractivity contribution in [2.75, 3.05) is 13.1 Å². The van der Waals surface area contributed by atoms with Gasteiger partial charge in [-0.05, 0) is 18.3 Å². The maximum atomic E-state index is 11.6. The van der Waals surface area contributed by atoms with Gasteiger partial charge in [0.25, 0.3) is 0 Å². The third kappa shape index (κ3) is 3.94. The van der Waals surface area contributed by atoms with E-state index in [2.05, 4.69) is 20.9 Å². The molecule has 1 fully saturated rings. The van der Waals surface area contributed by atoms with Crippen LogP contribution in [0.2, 0.25) is 0 Å². The first kappa shape index (κ1) is 14.3. The number of aromatic nitrogens is 3. The predicted molar refractivity (Wildman–Crippen MR) is 70.0 cm³/mol. The minimum atomic E-state index is -0.807. The second-order valence-electron chi connectivity index (χ2n) is 5.20. The van der Waals surface area contributed by atoms with Gasteiger partial charge in [-0.1, -0.05) is 11.6 Å². The van der Waals surface area contributed by atoms with E-state index in [1.165, 1.54) is 0 Å². The molecule has 8 nitrogen and oxygen atoms in total. The van der Waals surface area contributed by atoms with Gasteiger partial charge in [-0.15, -0.1) is 5.10 Å². The zero-order valence-electron chi connectivity index (χ0n) is 11.2. The second kappa shape index (κ2) is 6.36. The monoisotopic (exact) mass is 281 g/mol. The van der Waals surface area contributed by atoms with Gasteiger partial charge in [-0.3, -0.25) is 9.48 Å². The molecule has 0 aromatic carbocycles. The summed E-state index contributed by atoms with van der Waals surface area (Å²) in [6.07, 6.45) is 6.16. The van der Waals surface area contributed by atoms with Crippen molar-refractivity contribution in [2.24, 2.45) is 5.41 Å². The lowest BCUT2D eigenvalue weighted by molar-refractivity contribution is -0.141. The maximum absolute atomic E-state index is 11.6. The average molecular weight is 281 g/mol. The van der Waals surface area contributed by atoms with Crippen molar-refractivity contribution in [3.05, 3.63) is 12.4 Å². The van der Waals surface area contributed by atoms with E-state index in [0.29, 0.717) is 19.6 Å². The normalized spacial score (nSPS) is 16.2. The summed E-state index contributed by atoms with van der Waals surface area (Å²) in [5.74, 6) is -0.807. The summed E-state index contributed by atoms with van der Waals surface area (Å²) in [4.78, 5) is 22.4. The molecule has 1 aliphatic carbocycles. The highest BCUT2D eigenvalue weighted by Gasteiger charge is 2.39. The van der Waals surface area contributed by atoms with Gasteiger partial charge in [0.15, 0.2) is 0 Å². The number of urea groups is 1. The Morgan fingerprint density at radius 1 is 1.35 bits per heavy atom. The van der Waals surface area contributed by atoms with Gasteiger partial charge in [-0.25, -0.2) is 4.79 Å². The molecule has 0 spiro atoms. The standard InChI is InChI=1S/C12H19N5O3/c18-10(19)8-12(2-1-3-12)9-14-11(20)13-4-6-17-7-5-15-16-17/h5,7H,1-4,6,8-9H2,(H,18,19)(H2,13,14,20). The Labute approximate surface area is 116 Å². The van der Waals surface area contributed by atoms with Crippen LogP contribution < -0.4 is 10.6 Å². The maximum Gasteiger partial charge on any atom is 0.314 e. The first-order chi connectivity index (χ1) is 9.60. The number of hydrogen-bond acceptors (Lipinski definition) is 4. The van der Waals surface area contributed by atoms with Crippen molar-refractivity contribution in [2.45, 2.75) is 32.2 Å². The SMILES string of the molecule is O=C(O)CC1(CNC(=O)NCCn2ccnn2)CCC1. The van der Waals surface area contributed by atoms with Gasteiger partial charge in [-0.2, -0.15) is 0 Å². The summed E-state index contributed by atoms with van der Waals surface area (Å²) in [5.41, 5.74) is -0.255. The van der Waals surface area contributed by atoms with Crippen LogP contribution in [0.25, 0.3) is 0 Å². The number of amides is 2. The van der Waals surface area contributed by atoms with Crippen LogP contribution in [0.4, 0.5) is 4.79 Å². The topological polar surface area (TPSA) is 109 Å². The number of hydrogen-bond donors (Lipinski definition) is 3. The number of nitrogens with zero attached hydrogens (tertiary/aromatic N) is 3. The molecule has 0 saturated heterocycles. The van der Waals surface area contributed by atoms with Crippen LogP contribution >= 0.6 is 0 Å². The van der Waals surface area contributed by atoms with Crippen molar-refractivity contribution in [1.29, 1.82) is 0 Å². The first-order valence-electron chi connectivity index (χ1n) is 6.67. The number of carbonyl (C=O) groups is 2. The number of rotatable bonds is 7.